The number of amides is 1. The number of methoxy groups -OCH3 is 2. The molecule has 0 aliphatic carbocycles. The van der Waals surface area contributed by atoms with E-state index in [0.717, 1.165) is 50.4 Å². The lowest BCUT2D eigenvalue weighted by atomic mass is 10.0. The lowest BCUT2D eigenvalue weighted by Crippen LogP contribution is -2.12. The molecule has 0 fully saturated rings. The molecule has 6 nitrogen and oxygen atoms in total. The van der Waals surface area contributed by atoms with Crippen molar-refractivity contribution in [2.24, 2.45) is 0 Å². The van der Waals surface area contributed by atoms with E-state index in [-0.39, 0.29) is 5.91 Å². The third-order valence-corrected chi connectivity index (χ3v) is 6.20. The Labute approximate surface area is 203 Å². The summed E-state index contributed by atoms with van der Waals surface area (Å²) in [7, 11) is 3.30. The number of H-pyrrole nitrogens is 1. The number of aromatic nitrogens is 2. The number of imidazole rings is 1. The number of carbonyl (C=O) groups is 1. The Bertz CT molecular complexity index is 1170. The predicted molar refractivity (Wildman–Crippen MR) is 138 cm³/mol. The molecule has 0 saturated heterocycles. The minimum Gasteiger partial charge on any atom is -0.497 e. The Morgan fingerprint density at radius 2 is 1.47 bits per heavy atom. The smallest absolute Gasteiger partial charge is 0.225 e. The van der Waals surface area contributed by atoms with Crippen molar-refractivity contribution in [3.05, 3.63) is 78.4 Å². The molecule has 34 heavy (non-hydrogen) atoms. The van der Waals surface area contributed by atoms with Gasteiger partial charge in [-0.05, 0) is 67.6 Å². The van der Waals surface area contributed by atoms with E-state index in [4.69, 9.17) is 14.5 Å². The average molecular weight is 474 g/mol. The van der Waals surface area contributed by atoms with Gasteiger partial charge in [0.1, 0.15) is 11.5 Å². The van der Waals surface area contributed by atoms with E-state index >= 15 is 0 Å². The fourth-order valence-corrected chi connectivity index (χ4v) is 4.26. The Morgan fingerprint density at radius 1 is 0.882 bits per heavy atom. The van der Waals surface area contributed by atoms with Gasteiger partial charge in [-0.3, -0.25) is 4.79 Å². The molecule has 7 heteroatoms. The summed E-state index contributed by atoms with van der Waals surface area (Å²) in [6, 6.07) is 23.5. The van der Waals surface area contributed by atoms with Gasteiger partial charge in [-0.25, -0.2) is 4.98 Å². The van der Waals surface area contributed by atoms with Gasteiger partial charge in [0, 0.05) is 29.0 Å². The maximum atomic E-state index is 12.3. The second-order valence-corrected chi connectivity index (χ2v) is 8.82. The van der Waals surface area contributed by atoms with Crippen LogP contribution in [0.2, 0.25) is 0 Å². The number of nitrogens with zero attached hydrogens (tertiary/aromatic N) is 1. The van der Waals surface area contributed by atoms with Gasteiger partial charge in [-0.15, -0.1) is 0 Å². The maximum Gasteiger partial charge on any atom is 0.225 e. The molecule has 0 unspecified atom stereocenters. The zero-order valence-electron chi connectivity index (χ0n) is 19.4. The lowest BCUT2D eigenvalue weighted by molar-refractivity contribution is -0.115. The summed E-state index contributed by atoms with van der Waals surface area (Å²) >= 11 is 1.52. The number of aryl methyl sites for hydroxylation is 1. The Kier molecular flexibility index (Phi) is 7.54. The molecule has 1 aromatic heterocycles. The van der Waals surface area contributed by atoms with Crippen molar-refractivity contribution in [1.29, 1.82) is 0 Å². The van der Waals surface area contributed by atoms with Gasteiger partial charge in [-0.1, -0.05) is 29.5 Å². The molecule has 3 aromatic carbocycles. The van der Waals surface area contributed by atoms with Gasteiger partial charge in [0.05, 0.1) is 25.6 Å². The lowest BCUT2D eigenvalue weighted by Gasteiger charge is -2.06. The van der Waals surface area contributed by atoms with E-state index in [1.807, 2.05) is 79.7 Å². The molecular weight excluding hydrogens is 446 g/mol. The molecule has 0 atom stereocenters. The van der Waals surface area contributed by atoms with Crippen LogP contribution in [0.5, 0.6) is 11.5 Å². The van der Waals surface area contributed by atoms with Crippen molar-refractivity contribution in [1.82, 2.24) is 9.97 Å². The van der Waals surface area contributed by atoms with Crippen LogP contribution in [0.25, 0.3) is 22.5 Å². The normalized spacial score (nSPS) is 10.7. The number of ether oxygens (including phenoxy) is 2. The van der Waals surface area contributed by atoms with Gasteiger partial charge in [0.15, 0.2) is 5.16 Å². The number of nitrogens with one attached hydrogen (secondary N) is 2. The molecule has 2 N–H and O–H groups in total. The number of aromatic amines is 1. The number of hydrogen-bond donors (Lipinski definition) is 2. The summed E-state index contributed by atoms with van der Waals surface area (Å²) in [5.41, 5.74) is 5.71. The van der Waals surface area contributed by atoms with Crippen LogP contribution in [0.3, 0.4) is 0 Å². The van der Waals surface area contributed by atoms with E-state index in [1.165, 1.54) is 11.8 Å². The minimum absolute atomic E-state index is 0.0198. The molecule has 4 aromatic rings. The number of rotatable bonds is 9. The quantitative estimate of drug-likeness (QED) is 0.284. The number of thioether (sulfide) groups is 1. The van der Waals surface area contributed by atoms with Gasteiger partial charge in [0.25, 0.3) is 0 Å². The highest BCUT2D eigenvalue weighted by Crippen LogP contribution is 2.34. The van der Waals surface area contributed by atoms with E-state index in [9.17, 15) is 4.79 Å². The molecule has 0 bridgehead atoms. The highest BCUT2D eigenvalue weighted by atomic mass is 32.2. The summed E-state index contributed by atoms with van der Waals surface area (Å²) in [4.78, 5) is 20.6. The first-order valence-corrected chi connectivity index (χ1v) is 11.9. The van der Waals surface area contributed by atoms with Gasteiger partial charge in [0.2, 0.25) is 5.91 Å². The fraction of sp³-hybridized carbons (Fsp3) is 0.185. The van der Waals surface area contributed by atoms with Crippen LogP contribution < -0.4 is 14.8 Å². The molecule has 174 valence electrons. The predicted octanol–water partition coefficient (Wildman–Crippen LogP) is 6.19. The highest BCUT2D eigenvalue weighted by molar-refractivity contribution is 7.99. The zero-order chi connectivity index (χ0) is 23.9. The van der Waals surface area contributed by atoms with Crippen LogP contribution in [0.15, 0.2) is 78.0 Å². The van der Waals surface area contributed by atoms with Crippen molar-refractivity contribution in [3.63, 3.8) is 0 Å². The number of hydrogen-bond acceptors (Lipinski definition) is 5. The second-order valence-electron chi connectivity index (χ2n) is 7.74. The van der Waals surface area contributed by atoms with E-state index < -0.39 is 0 Å². The standard InChI is InChI=1S/C27H27N3O3S/c1-18-4-10-21(11-5-18)28-24(31)16-17-34-27-29-25(19-6-12-22(32-2)13-7-19)26(30-27)20-8-14-23(33-3)15-9-20/h4-15H,16-17H2,1-3H3,(H,28,31)(H,29,30). The van der Waals surface area contributed by atoms with Crippen molar-refractivity contribution >= 4 is 23.4 Å². The third kappa shape index (κ3) is 5.80. The van der Waals surface area contributed by atoms with Crippen molar-refractivity contribution in [2.45, 2.75) is 18.5 Å². The molecule has 4 rings (SSSR count). The largest absolute Gasteiger partial charge is 0.497 e. The molecule has 0 saturated carbocycles. The Balaban J connectivity index is 1.49. The third-order valence-electron chi connectivity index (χ3n) is 5.33. The molecule has 0 spiro atoms. The average Bonchev–Trinajstić information content (AvgIpc) is 3.29. The highest BCUT2D eigenvalue weighted by Gasteiger charge is 2.15. The van der Waals surface area contributed by atoms with Crippen LogP contribution >= 0.6 is 11.8 Å². The number of carbonyl (C=O) groups excluding carboxylic acids is 1. The molecule has 1 amide bonds. The molecule has 0 aliphatic rings. The zero-order valence-corrected chi connectivity index (χ0v) is 20.2. The van der Waals surface area contributed by atoms with Crippen LogP contribution in [0.1, 0.15) is 12.0 Å². The molecule has 0 aliphatic heterocycles. The number of anilines is 1. The summed E-state index contributed by atoms with van der Waals surface area (Å²) in [6.07, 6.45) is 0.384. The van der Waals surface area contributed by atoms with Crippen LogP contribution in [0.4, 0.5) is 5.69 Å². The number of benzene rings is 3. The van der Waals surface area contributed by atoms with Crippen LogP contribution in [-0.4, -0.2) is 35.8 Å². The first kappa shape index (κ1) is 23.4. The summed E-state index contributed by atoms with van der Waals surface area (Å²) in [5, 5.41) is 3.70. The topological polar surface area (TPSA) is 76.2 Å². The van der Waals surface area contributed by atoms with Crippen molar-refractivity contribution in [3.8, 4) is 34.0 Å². The van der Waals surface area contributed by atoms with Crippen LogP contribution in [0, 0.1) is 6.92 Å². The summed E-state index contributed by atoms with van der Waals surface area (Å²) < 4.78 is 10.6. The van der Waals surface area contributed by atoms with E-state index in [2.05, 4.69) is 10.3 Å². The summed E-state index contributed by atoms with van der Waals surface area (Å²) in [5.74, 6) is 2.17. The van der Waals surface area contributed by atoms with Gasteiger partial charge >= 0.3 is 0 Å². The first-order chi connectivity index (χ1) is 16.6. The van der Waals surface area contributed by atoms with Gasteiger partial charge < -0.3 is 19.8 Å². The maximum absolute atomic E-state index is 12.3. The monoisotopic (exact) mass is 473 g/mol. The Hall–Kier alpha value is -3.71. The van der Waals surface area contributed by atoms with Crippen LogP contribution in [-0.2, 0) is 4.79 Å². The molecule has 0 radical (unpaired) electrons. The Morgan fingerprint density at radius 3 is 2.06 bits per heavy atom. The van der Waals surface area contributed by atoms with E-state index in [1.54, 1.807) is 14.2 Å². The van der Waals surface area contributed by atoms with Gasteiger partial charge in [-0.2, -0.15) is 0 Å². The first-order valence-electron chi connectivity index (χ1n) is 10.9. The fourth-order valence-electron chi connectivity index (χ4n) is 3.45. The van der Waals surface area contributed by atoms with Crippen molar-refractivity contribution < 1.29 is 14.3 Å². The molecule has 1 heterocycles. The minimum atomic E-state index is -0.0198. The summed E-state index contributed by atoms with van der Waals surface area (Å²) in [6.45, 7) is 2.02. The second kappa shape index (κ2) is 10.9. The van der Waals surface area contributed by atoms with E-state index in [0.29, 0.717) is 12.2 Å². The molecular formula is C27H27N3O3S. The SMILES string of the molecule is COc1ccc(-c2nc(SCCC(=O)Nc3ccc(C)cc3)[nH]c2-c2ccc(OC)cc2)cc1. The van der Waals surface area contributed by atoms with Crippen molar-refractivity contribution in [2.75, 3.05) is 25.3 Å².